The molecule has 1 unspecified atom stereocenters. The predicted octanol–water partition coefficient (Wildman–Crippen LogP) is 10.3. The fourth-order valence-electron chi connectivity index (χ4n) is 5.10. The van der Waals surface area contributed by atoms with Crippen LogP contribution in [0, 0.1) is 0 Å². The Labute approximate surface area is 321 Å². The average molecular weight is 769 g/mol. The molecule has 0 saturated heterocycles. The molecule has 306 valence electrons. The molecule has 0 spiro atoms. The van der Waals surface area contributed by atoms with Gasteiger partial charge in [0.1, 0.15) is 12.7 Å². The molecule has 3 atom stereocenters. The average Bonchev–Trinajstić information content (AvgIpc) is 3.14. The van der Waals surface area contributed by atoms with Crippen molar-refractivity contribution in [3.8, 4) is 0 Å². The Morgan fingerprint density at radius 3 is 1.62 bits per heavy atom. The fourth-order valence-corrected chi connectivity index (χ4v) is 5.89. The van der Waals surface area contributed by atoms with Crippen molar-refractivity contribution >= 4 is 19.8 Å². The van der Waals surface area contributed by atoms with Gasteiger partial charge in [-0.05, 0) is 51.4 Å². The topological polar surface area (TPSA) is 149 Å². The number of phosphoric acid groups is 1. The molecule has 0 aromatic heterocycles. The first-order valence-corrected chi connectivity index (χ1v) is 21.8. The van der Waals surface area contributed by atoms with E-state index in [9.17, 15) is 24.2 Å². The third-order valence-electron chi connectivity index (χ3n) is 8.25. The van der Waals surface area contributed by atoms with Gasteiger partial charge in [-0.3, -0.25) is 18.6 Å². The van der Waals surface area contributed by atoms with Crippen molar-refractivity contribution < 1.29 is 47.8 Å². The summed E-state index contributed by atoms with van der Waals surface area (Å²) in [6, 6.07) is 0. The lowest BCUT2D eigenvalue weighted by Crippen LogP contribution is -2.29. The molecular formula is C42H73O10P. The molecule has 0 bridgehead atoms. The van der Waals surface area contributed by atoms with Crippen molar-refractivity contribution in [1.29, 1.82) is 0 Å². The Morgan fingerprint density at radius 1 is 0.585 bits per heavy atom. The molecule has 0 fully saturated rings. The van der Waals surface area contributed by atoms with Crippen LogP contribution in [0.15, 0.2) is 60.8 Å². The Kier molecular flexibility index (Phi) is 36.3. The number of rotatable bonds is 37. The molecular weight excluding hydrogens is 695 g/mol. The maximum Gasteiger partial charge on any atom is 0.472 e. The number of carbonyl (C=O) groups excluding carboxylic acids is 2. The minimum atomic E-state index is -4.62. The van der Waals surface area contributed by atoms with Crippen molar-refractivity contribution in [2.45, 2.75) is 167 Å². The number of unbranched alkanes of at least 4 members (excludes halogenated alkanes) is 16. The van der Waals surface area contributed by atoms with Gasteiger partial charge in [0, 0.05) is 12.8 Å². The summed E-state index contributed by atoms with van der Waals surface area (Å²) < 4.78 is 32.6. The number of aliphatic hydroxyl groups is 2. The third kappa shape index (κ3) is 37.8. The fraction of sp³-hybridized carbons (Fsp3) is 0.714. The van der Waals surface area contributed by atoms with Gasteiger partial charge >= 0.3 is 19.8 Å². The first-order chi connectivity index (χ1) is 25.7. The van der Waals surface area contributed by atoms with Crippen LogP contribution in [0.5, 0.6) is 0 Å². The Bertz CT molecular complexity index is 1070. The number of hydrogen-bond acceptors (Lipinski definition) is 9. The highest BCUT2D eigenvalue weighted by Crippen LogP contribution is 2.43. The van der Waals surface area contributed by atoms with E-state index in [1.165, 1.54) is 57.8 Å². The molecule has 0 radical (unpaired) electrons. The lowest BCUT2D eigenvalue weighted by molar-refractivity contribution is -0.161. The zero-order valence-electron chi connectivity index (χ0n) is 33.0. The van der Waals surface area contributed by atoms with E-state index in [2.05, 4.69) is 42.7 Å². The SMILES string of the molecule is CC/C=C/C=C/C=C/C=C/CCCCCCCC(=O)O[C@H](COC(=O)CCCCCCCCCCC/C=C/CCCC)COP(=O)(O)OC[C@@H](O)CO. The zero-order chi connectivity index (χ0) is 39.1. The number of allylic oxidation sites excluding steroid dienone is 10. The van der Waals surface area contributed by atoms with Gasteiger partial charge in [0.2, 0.25) is 0 Å². The number of phosphoric ester groups is 1. The lowest BCUT2D eigenvalue weighted by Gasteiger charge is -2.20. The van der Waals surface area contributed by atoms with Gasteiger partial charge in [0.15, 0.2) is 6.10 Å². The summed E-state index contributed by atoms with van der Waals surface area (Å²) in [7, 11) is -4.62. The second kappa shape index (κ2) is 38.0. The van der Waals surface area contributed by atoms with Crippen LogP contribution in [-0.4, -0.2) is 65.7 Å². The highest BCUT2D eigenvalue weighted by molar-refractivity contribution is 7.47. The van der Waals surface area contributed by atoms with Crippen LogP contribution in [0.4, 0.5) is 0 Å². The summed E-state index contributed by atoms with van der Waals surface area (Å²) >= 11 is 0. The molecule has 3 N–H and O–H groups in total. The van der Waals surface area contributed by atoms with Crippen molar-refractivity contribution in [3.63, 3.8) is 0 Å². The van der Waals surface area contributed by atoms with Crippen LogP contribution in [0.3, 0.4) is 0 Å². The molecule has 53 heavy (non-hydrogen) atoms. The molecule has 0 aliphatic heterocycles. The van der Waals surface area contributed by atoms with Gasteiger partial charge in [0.05, 0.1) is 19.8 Å². The minimum Gasteiger partial charge on any atom is -0.462 e. The van der Waals surface area contributed by atoms with Crippen molar-refractivity contribution in [1.82, 2.24) is 0 Å². The second-order valence-electron chi connectivity index (χ2n) is 13.4. The third-order valence-corrected chi connectivity index (χ3v) is 9.20. The normalized spacial score (nSPS) is 14.6. The van der Waals surface area contributed by atoms with Crippen molar-refractivity contribution in [2.75, 3.05) is 26.4 Å². The molecule has 10 nitrogen and oxygen atoms in total. The standard InChI is InChI=1S/C42H73O10P/c1-3-5-7-9-11-13-15-17-19-21-23-25-27-29-31-33-41(45)49-37-40(38-51-53(47,48)50-36-39(44)35-43)52-42(46)34-32-30-28-26-24-22-20-18-16-14-12-10-8-6-4-2/h6,8-12,14,16,18,20,39-40,43-44H,3-5,7,13,15,17,19,21-38H2,1-2H3,(H,47,48)/b8-6+,11-9+,12-10+,16-14+,20-18+/t39-,40+/m0/s1. The highest BCUT2D eigenvalue weighted by atomic mass is 31.2. The maximum atomic E-state index is 12.6. The largest absolute Gasteiger partial charge is 0.472 e. The van der Waals surface area contributed by atoms with E-state index < -0.39 is 51.8 Å². The molecule has 0 heterocycles. The van der Waals surface area contributed by atoms with Crippen molar-refractivity contribution in [2.24, 2.45) is 0 Å². The smallest absolute Gasteiger partial charge is 0.462 e. The number of hydrogen-bond donors (Lipinski definition) is 3. The van der Waals surface area contributed by atoms with E-state index in [-0.39, 0.29) is 19.4 Å². The van der Waals surface area contributed by atoms with Crippen LogP contribution >= 0.6 is 7.82 Å². The van der Waals surface area contributed by atoms with E-state index >= 15 is 0 Å². The van der Waals surface area contributed by atoms with Crippen LogP contribution in [-0.2, 0) is 32.7 Å². The lowest BCUT2D eigenvalue weighted by atomic mass is 10.1. The van der Waals surface area contributed by atoms with Gasteiger partial charge in [0.25, 0.3) is 0 Å². The van der Waals surface area contributed by atoms with E-state index in [1.54, 1.807) is 0 Å². The van der Waals surface area contributed by atoms with Crippen LogP contribution < -0.4 is 0 Å². The quantitative estimate of drug-likeness (QED) is 0.0183. The number of carbonyl (C=O) groups is 2. The number of aliphatic hydroxyl groups excluding tert-OH is 2. The number of ether oxygens (including phenoxy) is 2. The Balaban J connectivity index is 4.38. The summed E-state index contributed by atoms with van der Waals surface area (Å²) in [6.07, 6.45) is 40.4. The molecule has 0 rings (SSSR count). The van der Waals surface area contributed by atoms with E-state index in [0.29, 0.717) is 12.8 Å². The summed E-state index contributed by atoms with van der Waals surface area (Å²) in [6.45, 7) is 2.16. The van der Waals surface area contributed by atoms with E-state index in [0.717, 1.165) is 57.8 Å². The maximum absolute atomic E-state index is 12.6. The summed E-state index contributed by atoms with van der Waals surface area (Å²) in [5.41, 5.74) is 0. The molecule has 0 amide bonds. The van der Waals surface area contributed by atoms with Crippen LogP contribution in [0.25, 0.3) is 0 Å². The van der Waals surface area contributed by atoms with E-state index in [4.69, 9.17) is 19.1 Å². The van der Waals surface area contributed by atoms with Crippen LogP contribution in [0.1, 0.15) is 155 Å². The molecule has 0 aliphatic carbocycles. The van der Waals surface area contributed by atoms with Gasteiger partial charge < -0.3 is 24.6 Å². The van der Waals surface area contributed by atoms with Gasteiger partial charge in [-0.25, -0.2) is 4.57 Å². The van der Waals surface area contributed by atoms with Gasteiger partial charge in [-0.15, -0.1) is 0 Å². The molecule has 0 aromatic rings. The van der Waals surface area contributed by atoms with Crippen molar-refractivity contribution in [3.05, 3.63) is 60.8 Å². The molecule has 0 aliphatic rings. The number of esters is 2. The molecule has 0 aromatic carbocycles. The van der Waals surface area contributed by atoms with E-state index in [1.807, 2.05) is 36.5 Å². The zero-order valence-corrected chi connectivity index (χ0v) is 33.9. The summed E-state index contributed by atoms with van der Waals surface area (Å²) in [5.74, 6) is -0.959. The Hall–Kier alpha value is -2.33. The predicted molar refractivity (Wildman–Crippen MR) is 214 cm³/mol. The summed E-state index contributed by atoms with van der Waals surface area (Å²) in [4.78, 5) is 34.9. The van der Waals surface area contributed by atoms with Gasteiger partial charge in [-0.1, -0.05) is 152 Å². The minimum absolute atomic E-state index is 0.155. The monoisotopic (exact) mass is 768 g/mol. The highest BCUT2D eigenvalue weighted by Gasteiger charge is 2.27. The molecule has 0 saturated carbocycles. The molecule has 11 heteroatoms. The first-order valence-electron chi connectivity index (χ1n) is 20.3. The summed E-state index contributed by atoms with van der Waals surface area (Å²) in [5, 5.41) is 18.3. The van der Waals surface area contributed by atoms with Gasteiger partial charge in [-0.2, -0.15) is 0 Å². The second-order valence-corrected chi connectivity index (χ2v) is 14.8. The first kappa shape index (κ1) is 50.7. The van der Waals surface area contributed by atoms with Crippen LogP contribution in [0.2, 0.25) is 0 Å². The Morgan fingerprint density at radius 2 is 1.06 bits per heavy atom.